The number of ether oxygens (including phenoxy) is 3. The summed E-state index contributed by atoms with van der Waals surface area (Å²) in [6.45, 7) is 3.70. The van der Waals surface area contributed by atoms with E-state index < -0.39 is 5.97 Å². The fraction of sp³-hybridized carbons (Fsp3) is 0.217. The second-order valence-electron chi connectivity index (χ2n) is 6.57. The van der Waals surface area contributed by atoms with Crippen LogP contribution in [0.25, 0.3) is 6.08 Å². The molecule has 31 heavy (non-hydrogen) atoms. The molecule has 0 amide bonds. The predicted octanol–water partition coefficient (Wildman–Crippen LogP) is 4.91. The van der Waals surface area contributed by atoms with Gasteiger partial charge in [-0.25, -0.2) is 9.79 Å². The van der Waals surface area contributed by atoms with Gasteiger partial charge in [0, 0.05) is 11.6 Å². The first kappa shape index (κ1) is 22.3. The molecule has 2 N–H and O–H groups in total. The van der Waals surface area contributed by atoms with Crippen molar-refractivity contribution in [2.24, 2.45) is 4.99 Å². The van der Waals surface area contributed by atoms with Gasteiger partial charge in [0.2, 0.25) is 0 Å². The largest absolute Gasteiger partial charge is 0.507 e. The molecular formula is C23H23NO6S. The number of rotatable bonds is 6. The minimum absolute atomic E-state index is 0.0393. The third-order valence-corrected chi connectivity index (χ3v) is 5.47. The number of carbonyl (C=O) groups is 1. The molecule has 1 aliphatic heterocycles. The Morgan fingerprint density at radius 1 is 1.13 bits per heavy atom. The lowest BCUT2D eigenvalue weighted by Gasteiger charge is -2.08. The molecule has 0 saturated carbocycles. The van der Waals surface area contributed by atoms with Gasteiger partial charge in [0.1, 0.15) is 39.3 Å². The van der Waals surface area contributed by atoms with Crippen LogP contribution in [0.15, 0.2) is 57.6 Å². The molecule has 8 heteroatoms. The van der Waals surface area contributed by atoms with Crippen LogP contribution >= 0.6 is 11.8 Å². The minimum atomic E-state index is -0.685. The van der Waals surface area contributed by atoms with Crippen LogP contribution in [0.2, 0.25) is 0 Å². The van der Waals surface area contributed by atoms with E-state index in [1.165, 1.54) is 7.11 Å². The quantitative estimate of drug-likeness (QED) is 0.615. The number of aryl methyl sites for hydroxylation is 1. The first-order chi connectivity index (χ1) is 14.9. The summed E-state index contributed by atoms with van der Waals surface area (Å²) >= 11 is 1.10. The number of esters is 1. The summed E-state index contributed by atoms with van der Waals surface area (Å²) in [5, 5.41) is 21.3. The van der Waals surface area contributed by atoms with Crippen molar-refractivity contribution in [3.63, 3.8) is 0 Å². The highest BCUT2D eigenvalue weighted by atomic mass is 32.2. The van der Waals surface area contributed by atoms with Gasteiger partial charge in [-0.2, -0.15) is 0 Å². The number of carbonyl (C=O) groups excluding carboxylic acids is 1. The number of thioether (sulfide) groups is 1. The van der Waals surface area contributed by atoms with Gasteiger partial charge < -0.3 is 24.4 Å². The zero-order chi connectivity index (χ0) is 22.5. The summed E-state index contributed by atoms with van der Waals surface area (Å²) in [6.07, 6.45) is 1.60. The normalized spacial score (nSPS) is 16.1. The molecule has 7 nitrogen and oxygen atoms in total. The second kappa shape index (κ2) is 9.61. The van der Waals surface area contributed by atoms with Crippen LogP contribution in [0, 0.1) is 6.92 Å². The third kappa shape index (κ3) is 4.86. The van der Waals surface area contributed by atoms with E-state index in [2.05, 4.69) is 4.99 Å². The van der Waals surface area contributed by atoms with Gasteiger partial charge in [0.05, 0.1) is 25.7 Å². The molecule has 0 spiro atoms. The molecule has 2 aromatic rings. The maximum absolute atomic E-state index is 12.6. The van der Waals surface area contributed by atoms with Gasteiger partial charge in [-0.3, -0.25) is 0 Å². The van der Waals surface area contributed by atoms with E-state index in [0.29, 0.717) is 27.7 Å². The predicted molar refractivity (Wildman–Crippen MR) is 121 cm³/mol. The molecule has 0 aliphatic carbocycles. The smallest absolute Gasteiger partial charge is 0.344 e. The number of nitrogens with zero attached hydrogens (tertiary/aromatic N) is 1. The number of benzene rings is 2. The number of hydrogen-bond acceptors (Lipinski definition) is 8. The van der Waals surface area contributed by atoms with Crippen molar-refractivity contribution in [3.05, 3.63) is 63.8 Å². The standard InChI is InChI=1S/C23H23NO6S/c1-5-30-23(27)20-21(26)19(11-14-7-6-13(2)10-17(14)25)31-22(20)24-16-9-8-15(28-3)12-18(16)29-4/h6-12,25-26H,5H2,1-4H3/b19-11+,24-22?. The van der Waals surface area contributed by atoms with Crippen LogP contribution in [-0.2, 0) is 9.53 Å². The van der Waals surface area contributed by atoms with E-state index in [1.54, 1.807) is 50.4 Å². The molecule has 0 atom stereocenters. The van der Waals surface area contributed by atoms with Crippen LogP contribution in [0.5, 0.6) is 17.2 Å². The number of aliphatic imine (C=N–C) groups is 1. The van der Waals surface area contributed by atoms with E-state index in [4.69, 9.17) is 14.2 Å². The average Bonchev–Trinajstić information content (AvgIpc) is 3.05. The number of phenolic OH excluding ortho intramolecular Hbond substituents is 1. The second-order valence-corrected chi connectivity index (χ2v) is 7.60. The highest BCUT2D eigenvalue weighted by Crippen LogP contribution is 2.42. The first-order valence-corrected chi connectivity index (χ1v) is 10.3. The Bertz CT molecular complexity index is 1100. The lowest BCUT2D eigenvalue weighted by Crippen LogP contribution is -2.12. The Morgan fingerprint density at radius 3 is 2.55 bits per heavy atom. The van der Waals surface area contributed by atoms with Crippen molar-refractivity contribution in [3.8, 4) is 17.2 Å². The van der Waals surface area contributed by atoms with E-state index in [1.807, 2.05) is 13.0 Å². The van der Waals surface area contributed by atoms with Crippen molar-refractivity contribution in [1.82, 2.24) is 0 Å². The van der Waals surface area contributed by atoms with Crippen molar-refractivity contribution in [2.45, 2.75) is 13.8 Å². The maximum Gasteiger partial charge on any atom is 0.344 e. The molecule has 3 rings (SSSR count). The molecule has 2 aromatic carbocycles. The van der Waals surface area contributed by atoms with Gasteiger partial charge in [0.25, 0.3) is 0 Å². The Morgan fingerprint density at radius 2 is 1.90 bits per heavy atom. The summed E-state index contributed by atoms with van der Waals surface area (Å²) in [4.78, 5) is 17.5. The van der Waals surface area contributed by atoms with Crippen LogP contribution in [0.3, 0.4) is 0 Å². The molecule has 0 fully saturated rings. The van der Waals surface area contributed by atoms with Crippen LogP contribution < -0.4 is 9.47 Å². The number of aliphatic hydroxyl groups is 1. The van der Waals surface area contributed by atoms with Crippen LogP contribution in [-0.4, -0.2) is 42.1 Å². The van der Waals surface area contributed by atoms with Gasteiger partial charge in [0.15, 0.2) is 0 Å². The van der Waals surface area contributed by atoms with E-state index >= 15 is 0 Å². The fourth-order valence-corrected chi connectivity index (χ4v) is 3.91. The summed E-state index contributed by atoms with van der Waals surface area (Å²) in [5.74, 6) is 0.175. The third-order valence-electron chi connectivity index (χ3n) is 4.45. The summed E-state index contributed by atoms with van der Waals surface area (Å²) in [7, 11) is 3.05. The fourth-order valence-electron chi connectivity index (χ4n) is 2.90. The average molecular weight is 442 g/mol. The number of phenols is 1. The Hall–Kier alpha value is -3.39. The SMILES string of the molecule is CCOC(=O)C1=C(O)/C(=C\c2ccc(C)cc2O)SC1=Nc1ccc(OC)cc1OC. The molecule has 162 valence electrons. The van der Waals surface area contributed by atoms with E-state index in [0.717, 1.165) is 17.3 Å². The highest BCUT2D eigenvalue weighted by molar-refractivity contribution is 8.18. The van der Waals surface area contributed by atoms with Crippen molar-refractivity contribution in [1.29, 1.82) is 0 Å². The lowest BCUT2D eigenvalue weighted by atomic mass is 10.1. The molecule has 0 bridgehead atoms. The van der Waals surface area contributed by atoms with E-state index in [-0.39, 0.29) is 28.7 Å². The number of methoxy groups -OCH3 is 2. The summed E-state index contributed by atoms with van der Waals surface area (Å²) in [6, 6.07) is 10.3. The minimum Gasteiger partial charge on any atom is -0.507 e. The highest BCUT2D eigenvalue weighted by Gasteiger charge is 2.33. The number of hydrogen-bond donors (Lipinski definition) is 2. The van der Waals surface area contributed by atoms with Crippen LogP contribution in [0.1, 0.15) is 18.1 Å². The van der Waals surface area contributed by atoms with E-state index in [9.17, 15) is 15.0 Å². The van der Waals surface area contributed by atoms with Gasteiger partial charge in [-0.1, -0.05) is 23.9 Å². The zero-order valence-corrected chi connectivity index (χ0v) is 18.4. The molecule has 0 aromatic heterocycles. The van der Waals surface area contributed by atoms with Gasteiger partial charge in [-0.05, 0) is 43.7 Å². The Balaban J connectivity index is 2.09. The molecule has 1 aliphatic rings. The maximum atomic E-state index is 12.6. The van der Waals surface area contributed by atoms with Gasteiger partial charge >= 0.3 is 5.97 Å². The summed E-state index contributed by atoms with van der Waals surface area (Å²) in [5.41, 5.74) is 1.83. The zero-order valence-electron chi connectivity index (χ0n) is 17.6. The van der Waals surface area contributed by atoms with Crippen molar-refractivity contribution in [2.75, 3.05) is 20.8 Å². The molecule has 0 radical (unpaired) electrons. The lowest BCUT2D eigenvalue weighted by molar-refractivity contribution is -0.138. The van der Waals surface area contributed by atoms with Crippen molar-refractivity contribution < 1.29 is 29.2 Å². The number of aliphatic hydroxyl groups excluding tert-OH is 1. The first-order valence-electron chi connectivity index (χ1n) is 9.48. The Labute approximate surface area is 184 Å². The Kier molecular flexibility index (Phi) is 6.91. The monoisotopic (exact) mass is 441 g/mol. The number of aromatic hydroxyl groups is 1. The van der Waals surface area contributed by atoms with Gasteiger partial charge in [-0.15, -0.1) is 0 Å². The van der Waals surface area contributed by atoms with Crippen molar-refractivity contribution >= 4 is 34.5 Å². The van der Waals surface area contributed by atoms with Crippen LogP contribution in [0.4, 0.5) is 5.69 Å². The molecular weight excluding hydrogens is 418 g/mol. The topological polar surface area (TPSA) is 97.6 Å². The summed E-state index contributed by atoms with van der Waals surface area (Å²) < 4.78 is 15.7. The molecule has 0 saturated heterocycles. The molecule has 1 heterocycles. The molecule has 0 unspecified atom stereocenters.